The van der Waals surface area contributed by atoms with Crippen molar-refractivity contribution >= 4 is 77.0 Å². The molecule has 435 valence electrons. The van der Waals surface area contributed by atoms with Gasteiger partial charge in [0.15, 0.2) is 5.78 Å². The van der Waals surface area contributed by atoms with Crippen LogP contribution in [-0.4, -0.2) is 187 Å². The van der Waals surface area contributed by atoms with E-state index in [2.05, 4.69) is 22.9 Å². The largest absolute Gasteiger partial charge is 0.481 e. The van der Waals surface area contributed by atoms with Gasteiger partial charge in [0, 0.05) is 84.3 Å². The van der Waals surface area contributed by atoms with Gasteiger partial charge in [-0.2, -0.15) is 11.8 Å². The second-order valence-electron chi connectivity index (χ2n) is 17.8. The second kappa shape index (κ2) is 51.9. The Balaban J connectivity index is -0.00000844. The number of carbonyl (C=O) groups excluding carboxylic acids is 7. The first kappa shape index (κ1) is 76.4. The minimum Gasteiger partial charge on any atom is -0.481 e. The van der Waals surface area contributed by atoms with E-state index < -0.39 is 66.0 Å². The van der Waals surface area contributed by atoms with E-state index >= 15 is 0 Å². The van der Waals surface area contributed by atoms with Crippen molar-refractivity contribution in [3.63, 3.8) is 0 Å². The van der Waals surface area contributed by atoms with E-state index in [0.717, 1.165) is 38.5 Å². The van der Waals surface area contributed by atoms with Crippen molar-refractivity contribution in [1.82, 2.24) is 16.0 Å². The van der Waals surface area contributed by atoms with Crippen molar-refractivity contribution in [3.8, 4) is 0 Å². The Hall–Kier alpha value is -3.82. The van der Waals surface area contributed by atoms with Crippen molar-refractivity contribution in [2.24, 2.45) is 23.5 Å². The minimum atomic E-state index is -1.26. The molecule has 0 unspecified atom stereocenters. The number of ether oxygens (including phenoxy) is 4. The van der Waals surface area contributed by atoms with E-state index in [1.165, 1.54) is 11.8 Å². The number of carboxylic acid groups (broad SMARTS) is 4. The Bertz CT molecular complexity index is 1680. The molecule has 76 heavy (non-hydrogen) atoms. The molecule has 0 heterocycles. The van der Waals surface area contributed by atoms with Crippen LogP contribution in [0.1, 0.15) is 129 Å². The number of hydrogen-bond acceptors (Lipinski definition) is 18. The van der Waals surface area contributed by atoms with E-state index in [0.29, 0.717) is 38.4 Å². The molecular formula is C50H85N4O20SY-. The average molecular weight is 1180 g/mol. The predicted molar refractivity (Wildman–Crippen MR) is 274 cm³/mol. The number of nitrogens with two attached hydrogens (primary N) is 1. The summed E-state index contributed by atoms with van der Waals surface area (Å²) >= 11 is 1.22. The fourth-order valence-corrected chi connectivity index (χ4v) is 7.49. The van der Waals surface area contributed by atoms with Gasteiger partial charge in [0.1, 0.15) is 37.1 Å². The van der Waals surface area contributed by atoms with Crippen LogP contribution in [0.15, 0.2) is 0 Å². The smallest absolute Gasteiger partial charge is 0.326 e. The second-order valence-corrected chi connectivity index (χ2v) is 18.8. The fraction of sp³-hybridized carbons (Fsp3) is 0.760. The SMILES string of the molecule is C[C@H](N)C=O.[CH2-][C@@H](CSCC(=O)CCCCC[C@H](CC(=O)COCCOCCNC(=O)COCCOCCNC(=O)CC[C@@H](NC(=O)CCCCCCCCCCC(=O)O)C(=O)O)C(=O)O)C(=O)C[C@@H](CO)C(=O)O.[Y]. The number of ketones is 3. The number of aldehydes is 1. The van der Waals surface area contributed by atoms with Crippen LogP contribution in [0.4, 0.5) is 0 Å². The molecule has 0 saturated heterocycles. The zero-order valence-corrected chi connectivity index (χ0v) is 47.9. The van der Waals surface area contributed by atoms with Crippen molar-refractivity contribution < 1.29 is 130 Å². The zero-order valence-electron chi connectivity index (χ0n) is 44.2. The molecule has 0 aromatic heterocycles. The van der Waals surface area contributed by atoms with Crippen LogP contribution in [0, 0.1) is 24.7 Å². The van der Waals surface area contributed by atoms with Crippen LogP contribution in [-0.2, 0) is 104 Å². The molecule has 0 fully saturated rings. The third-order valence-corrected chi connectivity index (χ3v) is 12.0. The number of amides is 3. The average Bonchev–Trinajstić information content (AvgIpc) is 3.35. The Morgan fingerprint density at radius 3 is 1.61 bits per heavy atom. The number of rotatable bonds is 51. The summed E-state index contributed by atoms with van der Waals surface area (Å²) in [5.41, 5.74) is 4.92. The van der Waals surface area contributed by atoms with Gasteiger partial charge in [-0.3, -0.25) is 38.4 Å². The molecule has 5 atom stereocenters. The van der Waals surface area contributed by atoms with Crippen LogP contribution >= 0.6 is 11.8 Å². The molecule has 0 saturated carbocycles. The summed E-state index contributed by atoms with van der Waals surface area (Å²) in [6, 6.07) is -1.48. The standard InChI is InChI=1S/C47H78N3O19S.C3H7NO.Y/c1-34(40(54)28-36(29-51)46(62)63)32-70-33-37(52)14-10-8-9-13-35(45(60)61)27-38(53)30-68-25-23-67-22-20-49-43(57)31-69-26-24-66-21-19-48-41(55)18-17-39(47(64)65)50-42(56)15-11-6-4-2-3-5-7-12-16-44(58)59;1-3(4)2-5;/h34-36,39,51H,1-33H2,(H,48,55)(H,49,57)(H,50,56)(H,58,59)(H,60,61)(H,62,63)(H,64,65);2-3H,4H2,1H3;/q-1;;/t34-,35+,36-,39+;3-;/m00./s1. The summed E-state index contributed by atoms with van der Waals surface area (Å²) < 4.78 is 21.3. The monoisotopic (exact) mass is 1180 g/mol. The van der Waals surface area contributed by atoms with Crippen LogP contribution in [0.3, 0.4) is 0 Å². The van der Waals surface area contributed by atoms with Gasteiger partial charge >= 0.3 is 23.9 Å². The number of hydrogen-bond donors (Lipinski definition) is 9. The van der Waals surface area contributed by atoms with Gasteiger partial charge in [0.25, 0.3) is 0 Å². The molecular weight excluding hydrogens is 1100 g/mol. The Morgan fingerprint density at radius 2 is 1.08 bits per heavy atom. The quantitative estimate of drug-likeness (QED) is 0.0239. The van der Waals surface area contributed by atoms with Gasteiger partial charge in [-0.25, -0.2) is 4.79 Å². The molecule has 1 radical (unpaired) electrons. The summed E-state index contributed by atoms with van der Waals surface area (Å²) in [5.74, 6) is -8.75. The number of carboxylic acids is 4. The van der Waals surface area contributed by atoms with E-state index in [-0.39, 0.29) is 191 Å². The van der Waals surface area contributed by atoms with Crippen LogP contribution < -0.4 is 21.7 Å². The zero-order chi connectivity index (χ0) is 56.7. The van der Waals surface area contributed by atoms with Crippen LogP contribution in [0.5, 0.6) is 0 Å². The first-order valence-electron chi connectivity index (χ1n) is 25.6. The number of Topliss-reactive ketones (excluding diaryl/α,β-unsaturated/α-hetero) is 3. The maximum atomic E-state index is 12.3. The number of unbranched alkanes of at least 4 members (excludes halogenated alkanes) is 9. The Labute approximate surface area is 475 Å². The van der Waals surface area contributed by atoms with Crippen LogP contribution in [0.2, 0.25) is 0 Å². The normalized spacial score (nSPS) is 12.7. The maximum absolute atomic E-state index is 12.3. The molecule has 0 aliphatic carbocycles. The number of aliphatic carboxylic acids is 4. The molecule has 24 nitrogen and oxygen atoms in total. The molecule has 10 N–H and O–H groups in total. The van der Waals surface area contributed by atoms with Gasteiger partial charge in [0.05, 0.1) is 69.9 Å². The minimum absolute atomic E-state index is 0. The van der Waals surface area contributed by atoms with Gasteiger partial charge in [-0.1, -0.05) is 51.4 Å². The van der Waals surface area contributed by atoms with Gasteiger partial charge in [0.2, 0.25) is 17.7 Å². The summed E-state index contributed by atoms with van der Waals surface area (Å²) in [6.45, 7) is 5.34. The number of aliphatic hydroxyl groups is 1. The van der Waals surface area contributed by atoms with E-state index in [9.17, 15) is 63.0 Å². The molecule has 0 rings (SSSR count). The number of carbonyl (C=O) groups is 11. The topological polar surface area (TPSA) is 388 Å². The molecule has 0 aromatic rings. The Morgan fingerprint density at radius 1 is 0.579 bits per heavy atom. The number of thioether (sulfide) groups is 1. The third kappa shape index (κ3) is 49.7. The Kier molecular flexibility index (Phi) is 52.2. The number of nitrogens with one attached hydrogen (secondary N) is 3. The molecule has 3 amide bonds. The first-order valence-corrected chi connectivity index (χ1v) is 26.7. The first-order chi connectivity index (χ1) is 35.7. The summed E-state index contributed by atoms with van der Waals surface area (Å²) in [5, 5.41) is 53.4. The van der Waals surface area contributed by atoms with E-state index in [1.807, 2.05) is 0 Å². The number of aliphatic hydroxyl groups excluding tert-OH is 1. The van der Waals surface area contributed by atoms with Crippen molar-refractivity contribution in [2.45, 2.75) is 141 Å². The van der Waals surface area contributed by atoms with Gasteiger partial charge < -0.3 is 82.7 Å². The fourth-order valence-electron chi connectivity index (χ4n) is 6.53. The molecule has 0 spiro atoms. The van der Waals surface area contributed by atoms with E-state index in [4.69, 9.17) is 40.0 Å². The van der Waals surface area contributed by atoms with Crippen molar-refractivity contribution in [2.75, 3.05) is 84.1 Å². The molecule has 0 bridgehead atoms. The van der Waals surface area contributed by atoms with Gasteiger partial charge in [-0.05, 0) is 44.8 Å². The van der Waals surface area contributed by atoms with Crippen LogP contribution in [0.25, 0.3) is 0 Å². The summed E-state index contributed by atoms with van der Waals surface area (Å²) in [4.78, 5) is 127. The van der Waals surface area contributed by atoms with Crippen molar-refractivity contribution in [3.05, 3.63) is 6.92 Å². The third-order valence-electron chi connectivity index (χ3n) is 10.8. The van der Waals surface area contributed by atoms with E-state index in [1.54, 1.807) is 6.92 Å². The van der Waals surface area contributed by atoms with Crippen molar-refractivity contribution in [1.29, 1.82) is 0 Å². The molecule has 0 aliphatic heterocycles. The molecule has 26 heteroatoms. The van der Waals surface area contributed by atoms with Gasteiger partial charge in [-0.15, -0.1) is 5.92 Å². The summed E-state index contributed by atoms with van der Waals surface area (Å²) in [7, 11) is 0. The molecule has 0 aromatic carbocycles. The molecule has 0 aliphatic rings. The predicted octanol–water partition coefficient (Wildman–Crippen LogP) is 2.17. The summed E-state index contributed by atoms with van der Waals surface area (Å²) in [6.07, 6.45) is 9.42. The maximum Gasteiger partial charge on any atom is 0.326 e.